The van der Waals surface area contributed by atoms with Crippen LogP contribution in [0.1, 0.15) is 69.9 Å². The van der Waals surface area contributed by atoms with E-state index in [4.69, 9.17) is 26.4 Å². The van der Waals surface area contributed by atoms with Crippen LogP contribution in [0, 0.1) is 17.8 Å². The first-order chi connectivity index (χ1) is 30.2. The van der Waals surface area contributed by atoms with Gasteiger partial charge in [0.05, 0.1) is 46.2 Å². The number of nitrogens with one attached hydrogen (secondary N) is 3. The van der Waals surface area contributed by atoms with Crippen molar-refractivity contribution in [2.75, 3.05) is 53.2 Å². The first-order valence-electron chi connectivity index (χ1n) is 21.9. The van der Waals surface area contributed by atoms with Crippen molar-refractivity contribution in [3.8, 4) is 5.75 Å². The van der Waals surface area contributed by atoms with Crippen LogP contribution in [0.15, 0.2) is 47.4 Å². The number of benzene rings is 2. The summed E-state index contributed by atoms with van der Waals surface area (Å²) < 4.78 is 39.1. The Morgan fingerprint density at radius 1 is 0.921 bits per heavy atom. The van der Waals surface area contributed by atoms with Crippen LogP contribution in [0.5, 0.6) is 5.75 Å². The summed E-state index contributed by atoms with van der Waals surface area (Å²) in [7, 11) is 3.47. The van der Waals surface area contributed by atoms with Crippen LogP contribution >= 0.6 is 11.6 Å². The van der Waals surface area contributed by atoms with Crippen molar-refractivity contribution in [1.82, 2.24) is 29.6 Å². The summed E-state index contributed by atoms with van der Waals surface area (Å²) in [6, 6.07) is 10.4. The second kappa shape index (κ2) is 15.6. The van der Waals surface area contributed by atoms with Gasteiger partial charge in [0.2, 0.25) is 23.5 Å². The molecule has 3 saturated heterocycles. The van der Waals surface area contributed by atoms with Crippen molar-refractivity contribution in [3.05, 3.63) is 63.7 Å². The fourth-order valence-electron chi connectivity index (χ4n) is 10.4. The number of carbonyl (C=O) groups excluding carboxylic acids is 2. The van der Waals surface area contributed by atoms with Gasteiger partial charge in [0, 0.05) is 68.8 Å². The molecule has 3 atom stereocenters. The van der Waals surface area contributed by atoms with Gasteiger partial charge in [0.25, 0.3) is 5.56 Å². The maximum atomic E-state index is 15.2. The van der Waals surface area contributed by atoms with Crippen LogP contribution in [0.25, 0.3) is 21.8 Å². The smallest absolute Gasteiger partial charge is 0.301 e. The minimum Gasteiger partial charge on any atom is -0.480 e. The standard InChI is InChI=1S/C45H51ClF2N10O5/c1-44(62,25-12-16-57(17-13-25)28-7-8-29-34(21-28)56(3)54-36(29)30-9-11-35(59)51-41(30)60)26-14-18-58(19-15-26)43-49-22-32(46)40(53-43)50-27-6-10-33-31(20-27)37-38(42(61)55(33)2)63-23-45(47,48)39(52-37)24-4-5-24/h6-8,10,20-22,24-26,30,39,52,62H,4-5,9,11-19,23H2,1-3H3,(H,49,50,53)(H,51,59,60)/t30?,39-,44-/m0/s1. The Labute approximate surface area is 367 Å². The summed E-state index contributed by atoms with van der Waals surface area (Å²) in [5.74, 6) is -3.35. The number of amides is 2. The van der Waals surface area contributed by atoms with Gasteiger partial charge in [0.1, 0.15) is 5.02 Å². The third kappa shape index (κ3) is 7.49. The van der Waals surface area contributed by atoms with E-state index >= 15 is 8.78 Å². The number of fused-ring (bicyclic) bond motifs is 4. The molecule has 18 heteroatoms. The molecule has 5 aromatic rings. The molecule has 2 aromatic carbocycles. The number of anilines is 5. The minimum absolute atomic E-state index is 0.0902. The minimum atomic E-state index is -3.14. The van der Waals surface area contributed by atoms with Gasteiger partial charge in [-0.3, -0.25) is 24.4 Å². The SMILES string of the molecule is Cn1nc(C2CCC(=O)NC2=O)c2ccc(N3CCC([C@](C)(O)C4CCN(c5ncc(Cl)c(Nc6ccc7c(c6)c6c(c(=O)n7C)OCC(F)(F)[C@H](C7CC7)N6)n5)CC4)CC3)cc21. The van der Waals surface area contributed by atoms with Crippen molar-refractivity contribution in [2.45, 2.75) is 81.8 Å². The molecule has 2 amide bonds. The lowest BCUT2D eigenvalue weighted by Crippen LogP contribution is -2.51. The molecular weight excluding hydrogens is 834 g/mol. The van der Waals surface area contributed by atoms with Crippen molar-refractivity contribution >= 4 is 74.0 Å². The Morgan fingerprint density at radius 2 is 1.63 bits per heavy atom. The topological polar surface area (TPSA) is 172 Å². The molecule has 1 aliphatic carbocycles. The molecule has 4 N–H and O–H groups in total. The number of carbonyl (C=O) groups is 2. The Morgan fingerprint density at radius 3 is 2.33 bits per heavy atom. The largest absolute Gasteiger partial charge is 0.480 e. The molecule has 0 bridgehead atoms. The van der Waals surface area contributed by atoms with E-state index in [1.807, 2.05) is 24.7 Å². The molecule has 1 unspecified atom stereocenters. The van der Waals surface area contributed by atoms with Crippen molar-refractivity contribution in [1.29, 1.82) is 0 Å². The summed E-state index contributed by atoms with van der Waals surface area (Å²) in [5, 5.41) is 27.3. The van der Waals surface area contributed by atoms with Gasteiger partial charge >= 0.3 is 5.92 Å². The maximum Gasteiger partial charge on any atom is 0.301 e. The average molecular weight is 885 g/mol. The molecule has 3 aromatic heterocycles. The summed E-state index contributed by atoms with van der Waals surface area (Å²) in [6.07, 6.45) is 6.90. The fraction of sp³-hybridized carbons (Fsp3) is 0.511. The molecule has 5 aliphatic rings. The van der Waals surface area contributed by atoms with Crippen LogP contribution in [-0.2, 0) is 23.7 Å². The van der Waals surface area contributed by atoms with Crippen LogP contribution in [0.4, 0.5) is 37.6 Å². The van der Waals surface area contributed by atoms with Gasteiger partial charge in [-0.25, -0.2) is 13.8 Å². The highest BCUT2D eigenvalue weighted by Gasteiger charge is 2.51. The van der Waals surface area contributed by atoms with E-state index in [-0.39, 0.29) is 41.0 Å². The van der Waals surface area contributed by atoms with Gasteiger partial charge in [0.15, 0.2) is 12.4 Å². The highest BCUT2D eigenvalue weighted by atomic mass is 35.5. The zero-order valence-electron chi connectivity index (χ0n) is 35.5. The van der Waals surface area contributed by atoms with E-state index in [0.29, 0.717) is 77.8 Å². The number of aliphatic hydroxyl groups is 1. The van der Waals surface area contributed by atoms with Gasteiger partial charge in [-0.1, -0.05) is 11.6 Å². The number of halogens is 3. The summed E-state index contributed by atoms with van der Waals surface area (Å²) >= 11 is 6.64. The highest BCUT2D eigenvalue weighted by molar-refractivity contribution is 6.33. The van der Waals surface area contributed by atoms with Gasteiger partial charge in [-0.15, -0.1) is 0 Å². The predicted octanol–water partition coefficient (Wildman–Crippen LogP) is 6.23. The quantitative estimate of drug-likeness (QED) is 0.130. The highest BCUT2D eigenvalue weighted by Crippen LogP contribution is 2.46. The Hall–Kier alpha value is -5.55. The molecule has 4 aliphatic heterocycles. The molecule has 63 heavy (non-hydrogen) atoms. The molecule has 10 rings (SSSR count). The Bertz CT molecular complexity index is 2700. The molecular formula is C45H51ClF2N10O5. The van der Waals surface area contributed by atoms with E-state index < -0.39 is 35.6 Å². The third-order valence-electron chi connectivity index (χ3n) is 14.3. The fourth-order valence-corrected chi connectivity index (χ4v) is 10.6. The lowest BCUT2D eigenvalue weighted by molar-refractivity contribution is -0.134. The number of rotatable bonds is 8. The molecule has 0 radical (unpaired) electrons. The summed E-state index contributed by atoms with van der Waals surface area (Å²) in [4.78, 5) is 51.5. The second-order valence-corrected chi connectivity index (χ2v) is 18.7. The van der Waals surface area contributed by atoms with Gasteiger partial charge in [-0.05, 0) is 106 Å². The molecule has 0 spiro atoms. The predicted molar refractivity (Wildman–Crippen MR) is 236 cm³/mol. The average Bonchev–Trinajstić information content (AvgIpc) is 4.08. The van der Waals surface area contributed by atoms with Crippen molar-refractivity contribution in [3.63, 3.8) is 0 Å². The van der Waals surface area contributed by atoms with E-state index in [2.05, 4.69) is 42.9 Å². The van der Waals surface area contributed by atoms with E-state index in [0.717, 1.165) is 55.4 Å². The van der Waals surface area contributed by atoms with Crippen molar-refractivity contribution in [2.24, 2.45) is 31.8 Å². The molecule has 7 heterocycles. The molecule has 1 saturated carbocycles. The number of ether oxygens (including phenoxy) is 1. The van der Waals surface area contributed by atoms with E-state index in [1.165, 1.54) is 4.57 Å². The second-order valence-electron chi connectivity index (χ2n) is 18.3. The Balaban J connectivity index is 0.789. The summed E-state index contributed by atoms with van der Waals surface area (Å²) in [6.45, 7) is 4.03. The zero-order chi connectivity index (χ0) is 43.9. The number of imide groups is 1. The Kier molecular flexibility index (Phi) is 10.3. The molecule has 15 nitrogen and oxygen atoms in total. The number of alkyl halides is 2. The lowest BCUT2D eigenvalue weighted by Gasteiger charge is -2.46. The van der Waals surface area contributed by atoms with E-state index in [1.54, 1.807) is 31.4 Å². The number of piperidine rings is 3. The number of hydrogen-bond acceptors (Lipinski definition) is 12. The van der Waals surface area contributed by atoms with Crippen molar-refractivity contribution < 1.29 is 28.2 Å². The van der Waals surface area contributed by atoms with E-state index in [9.17, 15) is 19.5 Å². The normalized spacial score (nSPS) is 23.2. The first kappa shape index (κ1) is 41.5. The first-order valence-corrected chi connectivity index (χ1v) is 22.3. The van der Waals surface area contributed by atoms with Gasteiger partial charge < -0.3 is 34.8 Å². The van der Waals surface area contributed by atoms with Gasteiger partial charge in [-0.2, -0.15) is 10.1 Å². The summed E-state index contributed by atoms with van der Waals surface area (Å²) in [5.41, 5.74) is 2.77. The van der Waals surface area contributed by atoms with Crippen LogP contribution in [0.2, 0.25) is 5.02 Å². The number of aromatic nitrogens is 5. The number of pyridine rings is 1. The van der Waals surface area contributed by atoms with Crippen LogP contribution in [0.3, 0.4) is 0 Å². The number of nitrogens with zero attached hydrogens (tertiary/aromatic N) is 7. The number of aryl methyl sites for hydroxylation is 2. The lowest BCUT2D eigenvalue weighted by atomic mass is 9.70. The number of hydrogen-bond donors (Lipinski definition) is 4. The van der Waals surface area contributed by atoms with Crippen LogP contribution in [-0.4, -0.2) is 91.6 Å². The monoisotopic (exact) mass is 884 g/mol. The van der Waals surface area contributed by atoms with Crippen LogP contribution < -0.4 is 36.0 Å². The molecule has 332 valence electrons. The third-order valence-corrected chi connectivity index (χ3v) is 14.6. The maximum absolute atomic E-state index is 15.2. The molecule has 4 fully saturated rings. The zero-order valence-corrected chi connectivity index (χ0v) is 36.2.